The molecule has 0 unspecified atom stereocenters. The third-order valence-corrected chi connectivity index (χ3v) is 2.56. The Kier molecular flexibility index (Phi) is 2.15. The topological polar surface area (TPSA) is 43.8 Å². The van der Waals surface area contributed by atoms with Crippen LogP contribution < -0.4 is 5.73 Å². The zero-order valence-electron chi connectivity index (χ0n) is 9.08. The van der Waals surface area contributed by atoms with Crippen molar-refractivity contribution in [2.45, 2.75) is 26.3 Å². The number of nitrogens with zero attached hydrogens (tertiary/aromatic N) is 2. The Hall–Kier alpha value is -1.22. The number of nitrogen functional groups attached to an aromatic ring is 1. The van der Waals surface area contributed by atoms with Crippen LogP contribution in [0.5, 0.6) is 0 Å². The molecule has 0 atom stereocenters. The second-order valence-corrected chi connectivity index (χ2v) is 5.09. The predicted octanol–water partition coefficient (Wildman–Crippen LogP) is 3.03. The van der Waals surface area contributed by atoms with Gasteiger partial charge >= 0.3 is 0 Å². The molecule has 0 saturated heterocycles. The summed E-state index contributed by atoms with van der Waals surface area (Å²) in [6, 6.07) is 3.61. The second kappa shape index (κ2) is 3.14. The minimum Gasteiger partial charge on any atom is -0.399 e. The van der Waals surface area contributed by atoms with Crippen LogP contribution in [0.3, 0.4) is 0 Å². The van der Waals surface area contributed by atoms with E-state index in [2.05, 4.69) is 25.9 Å². The van der Waals surface area contributed by atoms with Crippen molar-refractivity contribution in [1.82, 2.24) is 9.78 Å². The fourth-order valence-corrected chi connectivity index (χ4v) is 1.73. The van der Waals surface area contributed by atoms with Gasteiger partial charge in [0.05, 0.1) is 10.6 Å². The highest BCUT2D eigenvalue weighted by molar-refractivity contribution is 6.35. The lowest BCUT2D eigenvalue weighted by Crippen LogP contribution is -2.21. The van der Waals surface area contributed by atoms with Gasteiger partial charge in [0.2, 0.25) is 0 Å². The summed E-state index contributed by atoms with van der Waals surface area (Å²) in [6.07, 6.45) is 1.97. The van der Waals surface area contributed by atoms with Crippen LogP contribution in [0.1, 0.15) is 20.8 Å². The predicted molar refractivity (Wildman–Crippen MR) is 64.2 cm³/mol. The second-order valence-electron chi connectivity index (χ2n) is 4.69. The van der Waals surface area contributed by atoms with Gasteiger partial charge in [-0.3, -0.25) is 4.68 Å². The minimum absolute atomic E-state index is 0.0445. The largest absolute Gasteiger partial charge is 0.399 e. The molecule has 0 bridgehead atoms. The lowest BCUT2D eigenvalue weighted by atomic mass is 10.1. The standard InChI is InChI=1S/C11H14ClN3/c1-11(2,3)15-6-7-4-8(13)5-9(12)10(7)14-15/h4-6H,13H2,1-3H3. The SMILES string of the molecule is CC(C)(C)n1cc2cc(N)cc(Cl)c2n1. The molecule has 1 heterocycles. The molecule has 0 radical (unpaired) electrons. The molecule has 4 heteroatoms. The normalized spacial score (nSPS) is 12.3. The maximum atomic E-state index is 6.07. The van der Waals surface area contributed by atoms with Crippen molar-refractivity contribution in [3.8, 4) is 0 Å². The van der Waals surface area contributed by atoms with Crippen molar-refractivity contribution in [3.05, 3.63) is 23.4 Å². The number of hydrogen-bond acceptors (Lipinski definition) is 2. The van der Waals surface area contributed by atoms with E-state index in [9.17, 15) is 0 Å². The number of hydrogen-bond donors (Lipinski definition) is 1. The van der Waals surface area contributed by atoms with Gasteiger partial charge in [-0.25, -0.2) is 0 Å². The zero-order chi connectivity index (χ0) is 11.2. The molecule has 0 saturated carbocycles. The lowest BCUT2D eigenvalue weighted by molar-refractivity contribution is 0.358. The first-order valence-corrected chi connectivity index (χ1v) is 5.20. The average molecular weight is 224 g/mol. The van der Waals surface area contributed by atoms with Gasteiger partial charge in [0, 0.05) is 17.3 Å². The van der Waals surface area contributed by atoms with Crippen LogP contribution in [-0.2, 0) is 5.54 Å². The number of anilines is 1. The van der Waals surface area contributed by atoms with E-state index in [1.54, 1.807) is 6.07 Å². The maximum Gasteiger partial charge on any atom is 0.111 e. The van der Waals surface area contributed by atoms with E-state index >= 15 is 0 Å². The Bertz CT molecular complexity index is 508. The highest BCUT2D eigenvalue weighted by Crippen LogP contribution is 2.27. The molecule has 0 aliphatic carbocycles. The van der Waals surface area contributed by atoms with E-state index in [0.717, 1.165) is 10.9 Å². The van der Waals surface area contributed by atoms with Crippen LogP contribution in [0, 0.1) is 0 Å². The highest BCUT2D eigenvalue weighted by atomic mass is 35.5. The highest BCUT2D eigenvalue weighted by Gasteiger charge is 2.16. The van der Waals surface area contributed by atoms with Crippen molar-refractivity contribution < 1.29 is 0 Å². The molecule has 0 spiro atoms. The van der Waals surface area contributed by atoms with E-state index in [1.807, 2.05) is 16.9 Å². The molecule has 1 aromatic carbocycles. The van der Waals surface area contributed by atoms with Gasteiger partial charge in [-0.05, 0) is 32.9 Å². The van der Waals surface area contributed by atoms with Crippen molar-refractivity contribution in [3.63, 3.8) is 0 Å². The van der Waals surface area contributed by atoms with Crippen molar-refractivity contribution in [1.29, 1.82) is 0 Å². The molecule has 0 fully saturated rings. The van der Waals surface area contributed by atoms with Gasteiger partial charge in [0.15, 0.2) is 0 Å². The first-order chi connectivity index (χ1) is 6.88. The number of rotatable bonds is 0. The van der Waals surface area contributed by atoms with Crippen molar-refractivity contribution >= 4 is 28.2 Å². The molecule has 0 amide bonds. The number of benzene rings is 1. The van der Waals surface area contributed by atoms with Crippen LogP contribution in [0.25, 0.3) is 10.9 Å². The molecular weight excluding hydrogens is 210 g/mol. The fourth-order valence-electron chi connectivity index (χ4n) is 1.46. The number of aromatic nitrogens is 2. The summed E-state index contributed by atoms with van der Waals surface area (Å²) in [7, 11) is 0. The Morgan fingerprint density at radius 1 is 1.33 bits per heavy atom. The summed E-state index contributed by atoms with van der Waals surface area (Å²) in [5.74, 6) is 0. The average Bonchev–Trinajstić information content (AvgIpc) is 2.46. The summed E-state index contributed by atoms with van der Waals surface area (Å²) < 4.78 is 1.91. The lowest BCUT2D eigenvalue weighted by Gasteiger charge is -2.18. The summed E-state index contributed by atoms with van der Waals surface area (Å²) >= 11 is 6.07. The first kappa shape index (κ1) is 10.3. The van der Waals surface area contributed by atoms with E-state index < -0.39 is 0 Å². The molecule has 3 nitrogen and oxygen atoms in total. The van der Waals surface area contributed by atoms with Gasteiger partial charge in [-0.2, -0.15) is 5.10 Å². The maximum absolute atomic E-state index is 6.07. The van der Waals surface area contributed by atoms with Gasteiger partial charge in [-0.1, -0.05) is 11.6 Å². The van der Waals surface area contributed by atoms with Gasteiger partial charge in [0.25, 0.3) is 0 Å². The van der Waals surface area contributed by atoms with Crippen LogP contribution in [-0.4, -0.2) is 9.78 Å². The van der Waals surface area contributed by atoms with E-state index in [0.29, 0.717) is 10.7 Å². The molecule has 15 heavy (non-hydrogen) atoms. The van der Waals surface area contributed by atoms with Gasteiger partial charge in [-0.15, -0.1) is 0 Å². The Morgan fingerprint density at radius 2 is 2.00 bits per heavy atom. The summed E-state index contributed by atoms with van der Waals surface area (Å²) in [5, 5.41) is 6.04. The Morgan fingerprint density at radius 3 is 2.60 bits per heavy atom. The Balaban J connectivity index is 2.71. The molecular formula is C11H14ClN3. The molecule has 2 rings (SSSR count). The molecule has 0 aliphatic heterocycles. The molecule has 1 aromatic heterocycles. The monoisotopic (exact) mass is 223 g/mol. The van der Waals surface area contributed by atoms with E-state index in [4.69, 9.17) is 17.3 Å². The number of halogens is 1. The third-order valence-electron chi connectivity index (χ3n) is 2.27. The third kappa shape index (κ3) is 1.79. The zero-order valence-corrected chi connectivity index (χ0v) is 9.84. The quantitative estimate of drug-likeness (QED) is 0.698. The van der Waals surface area contributed by atoms with Crippen LogP contribution in [0.15, 0.2) is 18.3 Å². The van der Waals surface area contributed by atoms with Crippen LogP contribution in [0.2, 0.25) is 5.02 Å². The molecule has 0 aliphatic rings. The van der Waals surface area contributed by atoms with E-state index in [-0.39, 0.29) is 5.54 Å². The van der Waals surface area contributed by atoms with E-state index in [1.165, 1.54) is 0 Å². The van der Waals surface area contributed by atoms with Crippen molar-refractivity contribution in [2.24, 2.45) is 0 Å². The number of nitrogens with two attached hydrogens (primary N) is 1. The Labute approximate surface area is 93.8 Å². The summed E-state index contributed by atoms with van der Waals surface area (Å²) in [6.45, 7) is 6.28. The summed E-state index contributed by atoms with van der Waals surface area (Å²) in [5.41, 5.74) is 7.15. The fraction of sp³-hybridized carbons (Fsp3) is 0.364. The van der Waals surface area contributed by atoms with Crippen LogP contribution >= 0.6 is 11.6 Å². The van der Waals surface area contributed by atoms with Crippen molar-refractivity contribution in [2.75, 3.05) is 5.73 Å². The van der Waals surface area contributed by atoms with Gasteiger partial charge < -0.3 is 5.73 Å². The molecule has 80 valence electrons. The first-order valence-electron chi connectivity index (χ1n) is 4.83. The number of fused-ring (bicyclic) bond motifs is 1. The molecule has 2 aromatic rings. The van der Waals surface area contributed by atoms with Crippen LogP contribution in [0.4, 0.5) is 5.69 Å². The minimum atomic E-state index is -0.0445. The molecule has 2 N–H and O–H groups in total. The smallest absolute Gasteiger partial charge is 0.111 e. The van der Waals surface area contributed by atoms with Gasteiger partial charge in [0.1, 0.15) is 5.52 Å². The summed E-state index contributed by atoms with van der Waals surface area (Å²) in [4.78, 5) is 0.